The van der Waals surface area contributed by atoms with Crippen LogP contribution in [0.25, 0.3) is 0 Å². The van der Waals surface area contributed by atoms with E-state index >= 15 is 0 Å². The van der Waals surface area contributed by atoms with Gasteiger partial charge in [0.05, 0.1) is 0 Å². The van der Waals surface area contributed by atoms with Crippen LogP contribution in [-0.2, 0) is 19.5 Å². The van der Waals surface area contributed by atoms with Gasteiger partial charge in [0.15, 0.2) is 0 Å². The Labute approximate surface area is 171 Å². The third kappa shape index (κ3) is 7.00. The first kappa shape index (κ1) is 22.1. The van der Waals surface area contributed by atoms with E-state index in [1.165, 1.54) is 24.3 Å². The van der Waals surface area contributed by atoms with Gasteiger partial charge < -0.3 is 20.4 Å². The third-order valence-electron chi connectivity index (χ3n) is 2.38. The van der Waals surface area contributed by atoms with Crippen LogP contribution in [0.15, 0.2) is 36.4 Å². The van der Waals surface area contributed by atoms with Gasteiger partial charge >= 0.3 is 11.9 Å². The Balaban J connectivity index is 0.000000403. The Kier molecular flexibility index (Phi) is 9.63. The number of carboxylic acids is 2. The standard InChI is InChI=1S/2C7H5IO3.Zn/c2*8-4-1-2-6(9)5(3-4)7(10)11;/h2*1-3,9H,(H,10,11);. The number of aromatic hydroxyl groups is 2. The Bertz CT molecular complexity index is 659. The minimum Gasteiger partial charge on any atom is -0.507 e. The fraction of sp³-hybridized carbons (Fsp3) is 0. The Hall–Kier alpha value is -0.937. The molecule has 0 aliphatic rings. The van der Waals surface area contributed by atoms with Crippen LogP contribution in [0.5, 0.6) is 11.5 Å². The molecule has 2 aromatic carbocycles. The SMILES string of the molecule is O=C(O)c1cc(I)ccc1O.O=C(O)c1cc(I)ccc1O.[Zn]. The second-order valence-electron chi connectivity index (χ2n) is 3.93. The molecule has 0 unspecified atom stereocenters. The smallest absolute Gasteiger partial charge is 0.339 e. The molecule has 0 heterocycles. The van der Waals surface area contributed by atoms with Crippen molar-refractivity contribution in [2.24, 2.45) is 0 Å². The summed E-state index contributed by atoms with van der Waals surface area (Å²) in [7, 11) is 0. The van der Waals surface area contributed by atoms with Gasteiger partial charge in [-0.25, -0.2) is 9.59 Å². The molecule has 9 heteroatoms. The molecular weight excluding hydrogens is 583 g/mol. The molecule has 0 fully saturated rings. The fourth-order valence-corrected chi connectivity index (χ4v) is 2.34. The van der Waals surface area contributed by atoms with Crippen molar-refractivity contribution in [1.29, 1.82) is 0 Å². The molecule has 4 N–H and O–H groups in total. The van der Waals surface area contributed by atoms with Gasteiger partial charge in [0.25, 0.3) is 0 Å². The minimum atomic E-state index is -1.11. The van der Waals surface area contributed by atoms with Gasteiger partial charge in [-0.15, -0.1) is 0 Å². The van der Waals surface area contributed by atoms with Crippen molar-refractivity contribution < 1.29 is 49.5 Å². The van der Waals surface area contributed by atoms with Crippen molar-refractivity contribution in [3.63, 3.8) is 0 Å². The zero-order valence-electron chi connectivity index (χ0n) is 11.5. The van der Waals surface area contributed by atoms with Crippen LogP contribution >= 0.6 is 45.2 Å². The van der Waals surface area contributed by atoms with Crippen LogP contribution in [0.1, 0.15) is 20.7 Å². The van der Waals surface area contributed by atoms with Crippen LogP contribution in [0.4, 0.5) is 0 Å². The summed E-state index contributed by atoms with van der Waals surface area (Å²) in [5.74, 6) is -2.61. The zero-order valence-corrected chi connectivity index (χ0v) is 18.8. The van der Waals surface area contributed by atoms with E-state index in [4.69, 9.17) is 20.4 Å². The van der Waals surface area contributed by atoms with Gasteiger partial charge in [0, 0.05) is 26.6 Å². The molecule has 23 heavy (non-hydrogen) atoms. The first-order valence-electron chi connectivity index (χ1n) is 5.66. The van der Waals surface area contributed by atoms with Gasteiger partial charge in [-0.2, -0.15) is 0 Å². The second kappa shape index (κ2) is 10.0. The van der Waals surface area contributed by atoms with E-state index in [9.17, 15) is 9.59 Å². The Morgan fingerprint density at radius 2 is 1.04 bits per heavy atom. The number of rotatable bonds is 2. The maximum absolute atomic E-state index is 10.4. The molecule has 0 aromatic heterocycles. The molecule has 2 aromatic rings. The fourth-order valence-electron chi connectivity index (χ4n) is 1.36. The Morgan fingerprint density at radius 3 is 1.26 bits per heavy atom. The molecule has 6 nitrogen and oxygen atoms in total. The second-order valence-corrected chi connectivity index (χ2v) is 6.42. The number of benzene rings is 2. The number of carboxylic acid groups (broad SMARTS) is 2. The van der Waals surface area contributed by atoms with E-state index in [1.54, 1.807) is 12.1 Å². The van der Waals surface area contributed by atoms with Crippen molar-refractivity contribution in [1.82, 2.24) is 0 Å². The average Bonchev–Trinajstić information content (AvgIpc) is 2.44. The summed E-state index contributed by atoms with van der Waals surface area (Å²) in [6.07, 6.45) is 0. The van der Waals surface area contributed by atoms with Crippen LogP contribution in [0.2, 0.25) is 0 Å². The maximum atomic E-state index is 10.4. The summed E-state index contributed by atoms with van der Waals surface area (Å²) in [6, 6.07) is 8.84. The number of aromatic carboxylic acids is 2. The summed E-state index contributed by atoms with van der Waals surface area (Å²) in [4.78, 5) is 20.8. The summed E-state index contributed by atoms with van der Waals surface area (Å²) >= 11 is 3.96. The molecule has 0 bridgehead atoms. The topological polar surface area (TPSA) is 115 Å². The van der Waals surface area contributed by atoms with E-state index in [0.717, 1.165) is 7.14 Å². The van der Waals surface area contributed by atoms with Crippen molar-refractivity contribution in [2.45, 2.75) is 0 Å². The molecule has 0 radical (unpaired) electrons. The zero-order chi connectivity index (χ0) is 16.9. The minimum absolute atomic E-state index is 0. The van der Waals surface area contributed by atoms with E-state index in [2.05, 4.69) is 0 Å². The first-order chi connectivity index (χ1) is 10.2. The summed E-state index contributed by atoms with van der Waals surface area (Å²) < 4.78 is 1.58. The van der Waals surface area contributed by atoms with Crippen molar-refractivity contribution in [2.75, 3.05) is 0 Å². The molecule has 0 saturated carbocycles. The van der Waals surface area contributed by atoms with Crippen molar-refractivity contribution in [3.8, 4) is 11.5 Å². The maximum Gasteiger partial charge on any atom is 0.339 e. The number of carbonyl (C=O) groups is 2. The first-order valence-corrected chi connectivity index (χ1v) is 7.81. The van der Waals surface area contributed by atoms with Crippen LogP contribution < -0.4 is 0 Å². The predicted molar refractivity (Wildman–Crippen MR) is 95.6 cm³/mol. The Morgan fingerprint density at radius 1 is 0.739 bits per heavy atom. The number of hydrogen-bond donors (Lipinski definition) is 4. The van der Waals surface area contributed by atoms with Crippen LogP contribution in [-0.4, -0.2) is 32.4 Å². The normalized spacial score (nSPS) is 9.13. The third-order valence-corrected chi connectivity index (χ3v) is 3.72. The monoisotopic (exact) mass is 592 g/mol. The molecule has 0 amide bonds. The molecular formula is C14H10I2O6Zn. The summed E-state index contributed by atoms with van der Waals surface area (Å²) in [5.41, 5.74) is -0.117. The van der Waals surface area contributed by atoms with E-state index in [1.807, 2.05) is 45.2 Å². The van der Waals surface area contributed by atoms with E-state index in [0.29, 0.717) is 0 Å². The van der Waals surface area contributed by atoms with Crippen molar-refractivity contribution >= 4 is 57.1 Å². The molecule has 118 valence electrons. The number of hydrogen-bond acceptors (Lipinski definition) is 4. The average molecular weight is 593 g/mol. The summed E-state index contributed by atoms with van der Waals surface area (Å²) in [5, 5.41) is 35.1. The van der Waals surface area contributed by atoms with Gasteiger partial charge in [-0.3, -0.25) is 0 Å². The molecule has 0 aliphatic heterocycles. The van der Waals surface area contributed by atoms with Crippen LogP contribution in [0, 0.1) is 7.14 Å². The van der Waals surface area contributed by atoms with Crippen molar-refractivity contribution in [3.05, 3.63) is 54.7 Å². The van der Waals surface area contributed by atoms with Gasteiger partial charge in [0.2, 0.25) is 0 Å². The number of halogens is 2. The quantitative estimate of drug-likeness (QED) is 0.314. The number of phenols is 2. The van der Waals surface area contributed by atoms with Gasteiger partial charge in [0.1, 0.15) is 22.6 Å². The summed E-state index contributed by atoms with van der Waals surface area (Å²) in [6.45, 7) is 0. The van der Waals surface area contributed by atoms with E-state index < -0.39 is 11.9 Å². The molecule has 0 atom stereocenters. The van der Waals surface area contributed by atoms with E-state index in [-0.39, 0.29) is 42.1 Å². The largest absolute Gasteiger partial charge is 0.507 e. The molecule has 0 spiro atoms. The van der Waals surface area contributed by atoms with Gasteiger partial charge in [-0.05, 0) is 81.6 Å². The predicted octanol–water partition coefficient (Wildman–Crippen LogP) is 3.39. The molecule has 0 aliphatic carbocycles. The molecule has 0 saturated heterocycles. The molecule has 2 rings (SSSR count). The van der Waals surface area contributed by atoms with Crippen LogP contribution in [0.3, 0.4) is 0 Å². The van der Waals surface area contributed by atoms with Gasteiger partial charge in [-0.1, -0.05) is 0 Å².